The van der Waals surface area contributed by atoms with Crippen LogP contribution in [0.25, 0.3) is 0 Å². The van der Waals surface area contributed by atoms with Crippen LogP contribution in [0.4, 0.5) is 8.78 Å². The lowest BCUT2D eigenvalue weighted by Gasteiger charge is -2.08. The lowest BCUT2D eigenvalue weighted by atomic mass is 10.1. The van der Waals surface area contributed by atoms with Crippen molar-refractivity contribution in [3.05, 3.63) is 35.4 Å². The highest BCUT2D eigenvalue weighted by molar-refractivity contribution is 5.83. The first-order valence-corrected chi connectivity index (χ1v) is 5.90. The van der Waals surface area contributed by atoms with Gasteiger partial charge in [-0.1, -0.05) is 18.9 Å². The Labute approximate surface area is 99.5 Å². The summed E-state index contributed by atoms with van der Waals surface area (Å²) in [6, 6.07) is 3.52. The van der Waals surface area contributed by atoms with Gasteiger partial charge in [0.15, 0.2) is 0 Å². The van der Waals surface area contributed by atoms with Gasteiger partial charge in [0.05, 0.1) is 12.4 Å². The van der Waals surface area contributed by atoms with Gasteiger partial charge in [0.25, 0.3) is 0 Å². The second-order valence-corrected chi connectivity index (χ2v) is 4.46. The largest absolute Gasteiger partial charge is 0.387 e. The molecule has 2 N–H and O–H groups in total. The molecular formula is C13H16F2N2. The second-order valence-electron chi connectivity index (χ2n) is 4.46. The number of halogens is 2. The van der Waals surface area contributed by atoms with E-state index >= 15 is 0 Å². The van der Waals surface area contributed by atoms with Crippen LogP contribution in [0.1, 0.15) is 31.2 Å². The SMILES string of the molecule is NC(=NCc1ccc(F)cc1F)C1CCCC1. The van der Waals surface area contributed by atoms with Gasteiger partial charge in [0.2, 0.25) is 0 Å². The van der Waals surface area contributed by atoms with Gasteiger partial charge in [-0.2, -0.15) is 0 Å². The molecule has 1 aromatic rings. The van der Waals surface area contributed by atoms with Crippen molar-refractivity contribution in [2.45, 2.75) is 32.2 Å². The van der Waals surface area contributed by atoms with Crippen molar-refractivity contribution in [2.75, 3.05) is 0 Å². The van der Waals surface area contributed by atoms with Gasteiger partial charge in [0.1, 0.15) is 11.6 Å². The summed E-state index contributed by atoms with van der Waals surface area (Å²) in [6.07, 6.45) is 4.51. The molecule has 0 bridgehead atoms. The van der Waals surface area contributed by atoms with Crippen molar-refractivity contribution in [3.8, 4) is 0 Å². The van der Waals surface area contributed by atoms with Crippen molar-refractivity contribution in [1.82, 2.24) is 0 Å². The Morgan fingerprint density at radius 2 is 2.00 bits per heavy atom. The number of aliphatic imine (C=N–C) groups is 1. The minimum absolute atomic E-state index is 0.189. The van der Waals surface area contributed by atoms with Gasteiger partial charge in [0, 0.05) is 17.5 Å². The first kappa shape index (κ1) is 12.0. The Morgan fingerprint density at radius 3 is 2.65 bits per heavy atom. The highest BCUT2D eigenvalue weighted by Crippen LogP contribution is 2.24. The molecule has 0 spiro atoms. The standard InChI is InChI=1S/C13H16F2N2/c14-11-6-5-10(12(15)7-11)8-17-13(16)9-3-1-2-4-9/h5-7,9H,1-4,8H2,(H2,16,17). The van der Waals surface area contributed by atoms with Crippen molar-refractivity contribution in [3.63, 3.8) is 0 Å². The fraction of sp³-hybridized carbons (Fsp3) is 0.462. The Balaban J connectivity index is 2.03. The van der Waals surface area contributed by atoms with E-state index in [0.717, 1.165) is 18.9 Å². The zero-order chi connectivity index (χ0) is 12.3. The first-order chi connectivity index (χ1) is 8.16. The molecular weight excluding hydrogens is 222 g/mol. The van der Waals surface area contributed by atoms with Crippen LogP contribution >= 0.6 is 0 Å². The summed E-state index contributed by atoms with van der Waals surface area (Å²) < 4.78 is 26.0. The van der Waals surface area contributed by atoms with E-state index in [9.17, 15) is 8.78 Å². The van der Waals surface area contributed by atoms with Crippen LogP contribution < -0.4 is 5.73 Å². The van der Waals surface area contributed by atoms with Crippen molar-refractivity contribution in [2.24, 2.45) is 16.6 Å². The first-order valence-electron chi connectivity index (χ1n) is 5.90. The molecule has 2 nitrogen and oxygen atoms in total. The van der Waals surface area contributed by atoms with Crippen molar-refractivity contribution < 1.29 is 8.78 Å². The van der Waals surface area contributed by atoms with E-state index in [1.807, 2.05) is 0 Å². The van der Waals surface area contributed by atoms with E-state index in [1.54, 1.807) is 0 Å². The molecule has 0 aliphatic heterocycles. The van der Waals surface area contributed by atoms with Crippen molar-refractivity contribution in [1.29, 1.82) is 0 Å². The van der Waals surface area contributed by atoms with Crippen LogP contribution in [-0.2, 0) is 6.54 Å². The summed E-state index contributed by atoms with van der Waals surface area (Å²) in [7, 11) is 0. The minimum Gasteiger partial charge on any atom is -0.387 e. The predicted octanol–water partition coefficient (Wildman–Crippen LogP) is 3.01. The summed E-state index contributed by atoms with van der Waals surface area (Å²) in [5.74, 6) is -0.184. The number of nitrogens with two attached hydrogens (primary N) is 1. The number of rotatable bonds is 3. The van der Waals surface area contributed by atoms with Crippen LogP contribution in [0.3, 0.4) is 0 Å². The third-order valence-electron chi connectivity index (χ3n) is 3.22. The van der Waals surface area contributed by atoms with Crippen molar-refractivity contribution >= 4 is 5.84 Å². The van der Waals surface area contributed by atoms with Gasteiger partial charge in [-0.25, -0.2) is 8.78 Å². The average Bonchev–Trinajstić information content (AvgIpc) is 2.81. The molecule has 1 aromatic carbocycles. The van der Waals surface area contributed by atoms with E-state index in [0.29, 0.717) is 17.3 Å². The zero-order valence-electron chi connectivity index (χ0n) is 9.63. The van der Waals surface area contributed by atoms with Gasteiger partial charge in [-0.05, 0) is 18.9 Å². The van der Waals surface area contributed by atoms with Crippen LogP contribution in [0, 0.1) is 17.6 Å². The van der Waals surface area contributed by atoms with E-state index < -0.39 is 11.6 Å². The summed E-state index contributed by atoms with van der Waals surface area (Å²) >= 11 is 0. The molecule has 0 aromatic heterocycles. The van der Waals surface area contributed by atoms with Crippen LogP contribution in [0.15, 0.2) is 23.2 Å². The third-order valence-corrected chi connectivity index (χ3v) is 3.22. The molecule has 1 saturated carbocycles. The number of benzene rings is 1. The fourth-order valence-electron chi connectivity index (χ4n) is 2.18. The van der Waals surface area contributed by atoms with Crippen LogP contribution in [0.5, 0.6) is 0 Å². The third kappa shape index (κ3) is 3.02. The predicted molar refractivity (Wildman–Crippen MR) is 63.6 cm³/mol. The summed E-state index contributed by atoms with van der Waals surface area (Å²) in [4.78, 5) is 4.20. The maximum atomic E-state index is 13.3. The number of amidine groups is 1. The maximum Gasteiger partial charge on any atom is 0.131 e. The molecule has 1 aliphatic rings. The number of nitrogens with zero attached hydrogens (tertiary/aromatic N) is 1. The topological polar surface area (TPSA) is 38.4 Å². The van der Waals surface area contributed by atoms with Crippen LogP contribution in [0.2, 0.25) is 0 Å². The summed E-state index contributed by atoms with van der Waals surface area (Å²) in [5.41, 5.74) is 6.24. The number of hydrogen-bond acceptors (Lipinski definition) is 1. The lowest BCUT2D eigenvalue weighted by Crippen LogP contribution is -2.21. The van der Waals surface area contributed by atoms with E-state index in [2.05, 4.69) is 4.99 Å². The highest BCUT2D eigenvalue weighted by atomic mass is 19.1. The average molecular weight is 238 g/mol. The molecule has 0 heterocycles. The Hall–Kier alpha value is -1.45. The van der Waals surface area contributed by atoms with Gasteiger partial charge in [-0.15, -0.1) is 0 Å². The minimum atomic E-state index is -0.570. The summed E-state index contributed by atoms with van der Waals surface area (Å²) in [5, 5.41) is 0. The molecule has 4 heteroatoms. The Morgan fingerprint density at radius 1 is 1.29 bits per heavy atom. The molecule has 17 heavy (non-hydrogen) atoms. The van der Waals surface area contributed by atoms with E-state index in [4.69, 9.17) is 5.73 Å². The quantitative estimate of drug-likeness (QED) is 0.638. The molecule has 1 fully saturated rings. The normalized spacial score (nSPS) is 17.6. The molecule has 92 valence electrons. The molecule has 2 rings (SSSR count). The molecule has 0 amide bonds. The van der Waals surface area contributed by atoms with Gasteiger partial charge >= 0.3 is 0 Å². The Bertz CT molecular complexity index is 423. The smallest absolute Gasteiger partial charge is 0.131 e. The molecule has 0 saturated heterocycles. The van der Waals surface area contributed by atoms with Gasteiger partial charge < -0.3 is 5.73 Å². The van der Waals surface area contributed by atoms with E-state index in [1.165, 1.54) is 25.0 Å². The van der Waals surface area contributed by atoms with Crippen LogP contribution in [-0.4, -0.2) is 5.84 Å². The lowest BCUT2D eigenvalue weighted by molar-refractivity contribution is 0.572. The molecule has 0 radical (unpaired) electrons. The fourth-order valence-corrected chi connectivity index (χ4v) is 2.18. The second kappa shape index (κ2) is 5.25. The van der Waals surface area contributed by atoms with Gasteiger partial charge in [-0.3, -0.25) is 4.99 Å². The number of hydrogen-bond donors (Lipinski definition) is 1. The maximum absolute atomic E-state index is 13.3. The summed E-state index contributed by atoms with van der Waals surface area (Å²) in [6.45, 7) is 0.189. The van der Waals surface area contributed by atoms with E-state index in [-0.39, 0.29) is 6.54 Å². The molecule has 1 aliphatic carbocycles. The molecule has 0 atom stereocenters. The zero-order valence-corrected chi connectivity index (χ0v) is 9.63. The monoisotopic (exact) mass is 238 g/mol. The Kier molecular flexibility index (Phi) is 3.71. The molecule has 0 unspecified atom stereocenters. The highest BCUT2D eigenvalue weighted by Gasteiger charge is 2.18.